The molecule has 0 aliphatic rings. The van der Waals surface area contributed by atoms with Crippen molar-refractivity contribution in [3.8, 4) is 5.75 Å². The highest BCUT2D eigenvalue weighted by Gasteiger charge is 2.11. The third kappa shape index (κ3) is 3.71. The predicted molar refractivity (Wildman–Crippen MR) is 77.0 cm³/mol. The number of benzene rings is 1. The summed E-state index contributed by atoms with van der Waals surface area (Å²) in [7, 11) is 3.52. The number of aromatic nitrogens is 2. The molecule has 6 nitrogen and oxygen atoms in total. The molecule has 2 N–H and O–H groups in total. The molecule has 1 aromatic heterocycles. The number of ether oxygens (including phenoxy) is 1. The van der Waals surface area contributed by atoms with E-state index in [-0.39, 0.29) is 6.04 Å². The van der Waals surface area contributed by atoms with Crippen LogP contribution in [-0.4, -0.2) is 30.9 Å². The Morgan fingerprint density at radius 2 is 2.20 bits per heavy atom. The van der Waals surface area contributed by atoms with Crippen molar-refractivity contribution in [1.82, 2.24) is 15.5 Å². The largest absolute Gasteiger partial charge is 0.497 e. The van der Waals surface area contributed by atoms with Gasteiger partial charge < -0.3 is 19.8 Å². The van der Waals surface area contributed by atoms with Crippen molar-refractivity contribution in [2.24, 2.45) is 0 Å². The van der Waals surface area contributed by atoms with Crippen molar-refractivity contribution in [1.29, 1.82) is 0 Å². The monoisotopic (exact) mass is 276 g/mol. The molecule has 1 unspecified atom stereocenters. The summed E-state index contributed by atoms with van der Waals surface area (Å²) in [6.45, 7) is 2.69. The molecule has 0 aliphatic carbocycles. The minimum absolute atomic E-state index is 0.0523. The zero-order valence-corrected chi connectivity index (χ0v) is 12.0. The minimum atomic E-state index is 0.0523. The molecule has 2 rings (SSSR count). The van der Waals surface area contributed by atoms with E-state index in [4.69, 9.17) is 9.15 Å². The maximum atomic E-state index is 5.50. The van der Waals surface area contributed by atoms with E-state index in [0.717, 1.165) is 18.7 Å². The Morgan fingerprint density at radius 1 is 1.35 bits per heavy atom. The summed E-state index contributed by atoms with van der Waals surface area (Å²) >= 11 is 0. The summed E-state index contributed by atoms with van der Waals surface area (Å²) in [6, 6.07) is 8.49. The van der Waals surface area contributed by atoms with Crippen molar-refractivity contribution in [3.05, 3.63) is 35.7 Å². The average Bonchev–Trinajstić information content (AvgIpc) is 2.95. The van der Waals surface area contributed by atoms with Crippen LogP contribution in [-0.2, 0) is 6.42 Å². The molecule has 1 atom stereocenters. The van der Waals surface area contributed by atoms with Gasteiger partial charge >= 0.3 is 6.01 Å². The first-order chi connectivity index (χ1) is 9.72. The van der Waals surface area contributed by atoms with E-state index in [1.54, 1.807) is 7.11 Å². The molecule has 0 aliphatic heterocycles. The van der Waals surface area contributed by atoms with Gasteiger partial charge in [-0.05, 0) is 38.1 Å². The SMILES string of the molecule is CNC(C)c1nnc(NCCc2cccc(OC)c2)o1. The van der Waals surface area contributed by atoms with Crippen LogP contribution < -0.4 is 15.4 Å². The Hall–Kier alpha value is -2.08. The summed E-state index contributed by atoms with van der Waals surface area (Å²) in [6.07, 6.45) is 0.858. The lowest BCUT2D eigenvalue weighted by Crippen LogP contribution is -2.12. The maximum absolute atomic E-state index is 5.50. The van der Waals surface area contributed by atoms with E-state index in [1.165, 1.54) is 5.56 Å². The minimum Gasteiger partial charge on any atom is -0.497 e. The van der Waals surface area contributed by atoms with Crippen LogP contribution in [0, 0.1) is 0 Å². The summed E-state index contributed by atoms with van der Waals surface area (Å²) in [4.78, 5) is 0. The molecule has 1 heterocycles. The Kier molecular flexibility index (Phi) is 4.95. The zero-order valence-electron chi connectivity index (χ0n) is 12.0. The van der Waals surface area contributed by atoms with Crippen LogP contribution in [0.25, 0.3) is 0 Å². The standard InChI is InChI=1S/C14H20N4O2/c1-10(15-2)13-17-18-14(20-13)16-8-7-11-5-4-6-12(9-11)19-3/h4-6,9-10,15H,7-8H2,1-3H3,(H,16,18). The van der Waals surface area contributed by atoms with E-state index >= 15 is 0 Å². The topological polar surface area (TPSA) is 72.2 Å². The summed E-state index contributed by atoms with van der Waals surface area (Å²) < 4.78 is 10.7. The van der Waals surface area contributed by atoms with Crippen molar-refractivity contribution >= 4 is 6.01 Å². The van der Waals surface area contributed by atoms with E-state index in [9.17, 15) is 0 Å². The Bertz CT molecular complexity index is 541. The van der Waals surface area contributed by atoms with Gasteiger partial charge in [0.15, 0.2) is 0 Å². The number of anilines is 1. The van der Waals surface area contributed by atoms with Gasteiger partial charge in [0.2, 0.25) is 5.89 Å². The van der Waals surface area contributed by atoms with Gasteiger partial charge in [-0.1, -0.05) is 17.2 Å². The van der Waals surface area contributed by atoms with Crippen molar-refractivity contribution in [2.45, 2.75) is 19.4 Å². The van der Waals surface area contributed by atoms with E-state index < -0.39 is 0 Å². The molecule has 0 amide bonds. The lowest BCUT2D eigenvalue weighted by atomic mass is 10.1. The number of rotatable bonds is 7. The van der Waals surface area contributed by atoms with Crippen molar-refractivity contribution in [3.63, 3.8) is 0 Å². The van der Waals surface area contributed by atoms with Crippen LogP contribution in [0.5, 0.6) is 5.75 Å². The van der Waals surface area contributed by atoms with Crippen molar-refractivity contribution < 1.29 is 9.15 Å². The summed E-state index contributed by atoms with van der Waals surface area (Å²) in [5, 5.41) is 14.1. The highest BCUT2D eigenvalue weighted by molar-refractivity contribution is 5.29. The van der Waals surface area contributed by atoms with Gasteiger partial charge in [0.05, 0.1) is 13.2 Å². The number of hydrogen-bond acceptors (Lipinski definition) is 6. The molecule has 6 heteroatoms. The molecule has 108 valence electrons. The Labute approximate surface area is 118 Å². The number of nitrogens with one attached hydrogen (secondary N) is 2. The summed E-state index contributed by atoms with van der Waals surface area (Å²) in [5.41, 5.74) is 1.19. The lowest BCUT2D eigenvalue weighted by molar-refractivity contribution is 0.414. The Morgan fingerprint density at radius 3 is 2.95 bits per heavy atom. The van der Waals surface area contributed by atoms with Crippen LogP contribution in [0.4, 0.5) is 6.01 Å². The molecule has 0 radical (unpaired) electrons. The fraction of sp³-hybridized carbons (Fsp3) is 0.429. The van der Waals surface area contributed by atoms with Crippen LogP contribution in [0.15, 0.2) is 28.7 Å². The molecule has 0 saturated carbocycles. The molecule has 2 aromatic rings. The van der Waals surface area contributed by atoms with E-state index in [1.807, 2.05) is 32.2 Å². The first-order valence-corrected chi connectivity index (χ1v) is 6.60. The molecule has 0 spiro atoms. The fourth-order valence-corrected chi connectivity index (χ4v) is 1.75. The smallest absolute Gasteiger partial charge is 0.315 e. The molecule has 0 fully saturated rings. The van der Waals surface area contributed by atoms with Crippen LogP contribution >= 0.6 is 0 Å². The van der Waals surface area contributed by atoms with Gasteiger partial charge in [-0.25, -0.2) is 0 Å². The second kappa shape index (κ2) is 6.91. The quantitative estimate of drug-likeness (QED) is 0.806. The highest BCUT2D eigenvalue weighted by Crippen LogP contribution is 2.14. The predicted octanol–water partition coefficient (Wildman–Crippen LogP) is 2.01. The third-order valence-corrected chi connectivity index (χ3v) is 3.07. The number of hydrogen-bond donors (Lipinski definition) is 2. The molecular weight excluding hydrogens is 256 g/mol. The number of methoxy groups -OCH3 is 1. The fourth-order valence-electron chi connectivity index (χ4n) is 1.75. The molecule has 1 aromatic carbocycles. The first-order valence-electron chi connectivity index (χ1n) is 6.60. The first kappa shape index (κ1) is 14.3. The normalized spacial score (nSPS) is 12.2. The molecular formula is C14H20N4O2. The molecule has 20 heavy (non-hydrogen) atoms. The van der Waals surface area contributed by atoms with Gasteiger partial charge in [-0.15, -0.1) is 5.10 Å². The molecule has 0 bridgehead atoms. The van der Waals surface area contributed by atoms with Gasteiger partial charge in [-0.2, -0.15) is 0 Å². The Balaban J connectivity index is 1.84. The zero-order chi connectivity index (χ0) is 14.4. The van der Waals surface area contributed by atoms with E-state index in [2.05, 4.69) is 26.9 Å². The van der Waals surface area contributed by atoms with Gasteiger partial charge in [0.25, 0.3) is 0 Å². The van der Waals surface area contributed by atoms with Crippen LogP contribution in [0.3, 0.4) is 0 Å². The highest BCUT2D eigenvalue weighted by atomic mass is 16.5. The van der Waals surface area contributed by atoms with Gasteiger partial charge in [-0.3, -0.25) is 0 Å². The second-order valence-electron chi connectivity index (χ2n) is 4.48. The number of nitrogens with zero attached hydrogens (tertiary/aromatic N) is 2. The lowest BCUT2D eigenvalue weighted by Gasteiger charge is -2.05. The van der Waals surface area contributed by atoms with Gasteiger partial charge in [0, 0.05) is 6.54 Å². The average molecular weight is 276 g/mol. The van der Waals surface area contributed by atoms with E-state index in [0.29, 0.717) is 11.9 Å². The summed E-state index contributed by atoms with van der Waals surface area (Å²) in [5.74, 6) is 1.45. The second-order valence-corrected chi connectivity index (χ2v) is 4.48. The molecule has 0 saturated heterocycles. The third-order valence-electron chi connectivity index (χ3n) is 3.07. The van der Waals surface area contributed by atoms with Crippen molar-refractivity contribution in [2.75, 3.05) is 26.0 Å². The van der Waals surface area contributed by atoms with Gasteiger partial charge in [0.1, 0.15) is 5.75 Å². The van der Waals surface area contributed by atoms with Crippen LogP contribution in [0.2, 0.25) is 0 Å². The van der Waals surface area contributed by atoms with Crippen LogP contribution in [0.1, 0.15) is 24.4 Å². The maximum Gasteiger partial charge on any atom is 0.315 e.